The van der Waals surface area contributed by atoms with Gasteiger partial charge in [-0.1, -0.05) is 18.2 Å². The monoisotopic (exact) mass is 371 g/mol. The van der Waals surface area contributed by atoms with Crippen molar-refractivity contribution >= 4 is 21.7 Å². The molecular weight excluding hydrogens is 354 g/mol. The molecule has 0 unspecified atom stereocenters. The predicted molar refractivity (Wildman–Crippen MR) is 96.3 cm³/mol. The van der Waals surface area contributed by atoms with Gasteiger partial charge in [-0.25, -0.2) is 13.2 Å². The number of esters is 1. The van der Waals surface area contributed by atoms with E-state index in [0.717, 1.165) is 0 Å². The molecule has 3 aromatic rings. The minimum Gasteiger partial charge on any atom is -0.466 e. The summed E-state index contributed by atoms with van der Waals surface area (Å²) >= 11 is 0. The standard InChI is InChI=1S/C19H17NO5S/c1-20(16-6-3-2-4-7-16)26(22,23)18-11-9-15(10-12-18)19(21)25-14-17-8-5-13-24-17/h2-13H,14H2,1H3. The molecule has 0 aliphatic rings. The van der Waals surface area contributed by atoms with Crippen molar-refractivity contribution in [3.63, 3.8) is 0 Å². The van der Waals surface area contributed by atoms with E-state index < -0.39 is 16.0 Å². The summed E-state index contributed by atoms with van der Waals surface area (Å²) in [5.41, 5.74) is 0.812. The van der Waals surface area contributed by atoms with Crippen molar-refractivity contribution in [2.24, 2.45) is 0 Å². The fourth-order valence-electron chi connectivity index (χ4n) is 2.31. The molecule has 7 heteroatoms. The second-order valence-corrected chi connectivity index (χ2v) is 7.46. The van der Waals surface area contributed by atoms with Gasteiger partial charge in [-0.2, -0.15) is 0 Å². The SMILES string of the molecule is CN(c1ccccc1)S(=O)(=O)c1ccc(C(=O)OCc2ccco2)cc1. The van der Waals surface area contributed by atoms with Crippen LogP contribution in [0.15, 0.2) is 82.3 Å². The Morgan fingerprint density at radius 3 is 2.31 bits per heavy atom. The first kappa shape index (κ1) is 17.8. The molecular formula is C19H17NO5S. The summed E-state index contributed by atoms with van der Waals surface area (Å²) < 4.78 is 36.8. The van der Waals surface area contributed by atoms with Crippen LogP contribution in [0.5, 0.6) is 0 Å². The number of ether oxygens (including phenoxy) is 1. The zero-order valence-corrected chi connectivity index (χ0v) is 14.8. The van der Waals surface area contributed by atoms with Crippen LogP contribution in [0.2, 0.25) is 0 Å². The van der Waals surface area contributed by atoms with Gasteiger partial charge in [-0.15, -0.1) is 0 Å². The molecule has 26 heavy (non-hydrogen) atoms. The largest absolute Gasteiger partial charge is 0.466 e. The molecule has 6 nitrogen and oxygen atoms in total. The predicted octanol–water partition coefficient (Wildman–Crippen LogP) is 3.46. The second-order valence-electron chi connectivity index (χ2n) is 5.49. The van der Waals surface area contributed by atoms with Gasteiger partial charge >= 0.3 is 5.97 Å². The molecule has 0 aliphatic heterocycles. The highest BCUT2D eigenvalue weighted by Crippen LogP contribution is 2.22. The first-order chi connectivity index (χ1) is 12.5. The molecule has 2 aromatic carbocycles. The van der Waals surface area contributed by atoms with Gasteiger partial charge in [0.1, 0.15) is 12.4 Å². The summed E-state index contributed by atoms with van der Waals surface area (Å²) in [6.07, 6.45) is 1.49. The van der Waals surface area contributed by atoms with Crippen molar-refractivity contribution < 1.29 is 22.4 Å². The Morgan fingerprint density at radius 1 is 1.00 bits per heavy atom. The molecule has 0 fully saturated rings. The van der Waals surface area contributed by atoms with Crippen LogP contribution in [0.1, 0.15) is 16.1 Å². The van der Waals surface area contributed by atoms with Gasteiger partial charge in [0.05, 0.1) is 22.4 Å². The summed E-state index contributed by atoms with van der Waals surface area (Å²) in [4.78, 5) is 12.1. The van der Waals surface area contributed by atoms with E-state index in [1.165, 1.54) is 41.9 Å². The van der Waals surface area contributed by atoms with Gasteiger partial charge in [-0.05, 0) is 48.5 Å². The summed E-state index contributed by atoms with van der Waals surface area (Å²) in [7, 11) is -2.23. The number of hydrogen-bond acceptors (Lipinski definition) is 5. The van der Waals surface area contributed by atoms with E-state index in [4.69, 9.17) is 9.15 Å². The van der Waals surface area contributed by atoms with E-state index in [1.807, 2.05) is 6.07 Å². The number of carbonyl (C=O) groups excluding carboxylic acids is 1. The average molecular weight is 371 g/mol. The zero-order valence-electron chi connectivity index (χ0n) is 14.0. The molecule has 0 amide bonds. The van der Waals surface area contributed by atoms with Gasteiger partial charge in [0.2, 0.25) is 0 Å². The van der Waals surface area contributed by atoms with Crippen LogP contribution in [0.25, 0.3) is 0 Å². The van der Waals surface area contributed by atoms with Crippen LogP contribution in [-0.2, 0) is 21.4 Å². The first-order valence-corrected chi connectivity index (χ1v) is 9.26. The molecule has 0 aliphatic carbocycles. The molecule has 0 bridgehead atoms. The Balaban J connectivity index is 1.73. The third kappa shape index (κ3) is 3.78. The van der Waals surface area contributed by atoms with E-state index in [2.05, 4.69) is 0 Å². The van der Waals surface area contributed by atoms with E-state index in [9.17, 15) is 13.2 Å². The van der Waals surface area contributed by atoms with E-state index in [-0.39, 0.29) is 17.1 Å². The average Bonchev–Trinajstić information content (AvgIpc) is 3.20. The molecule has 0 saturated heterocycles. The maximum absolute atomic E-state index is 12.7. The summed E-state index contributed by atoms with van der Waals surface area (Å²) in [5, 5.41) is 0. The number of anilines is 1. The molecule has 134 valence electrons. The van der Waals surface area contributed by atoms with Crippen molar-refractivity contribution in [3.05, 3.63) is 84.3 Å². The number of hydrogen-bond donors (Lipinski definition) is 0. The van der Waals surface area contributed by atoms with Gasteiger partial charge in [0.25, 0.3) is 10.0 Å². The Labute approximate surface area is 151 Å². The Kier molecular flexibility index (Phi) is 5.09. The van der Waals surface area contributed by atoms with Crippen molar-refractivity contribution in [2.75, 3.05) is 11.4 Å². The molecule has 0 atom stereocenters. The molecule has 1 heterocycles. The van der Waals surface area contributed by atoms with Crippen LogP contribution in [0.4, 0.5) is 5.69 Å². The fraction of sp³-hybridized carbons (Fsp3) is 0.105. The number of nitrogens with zero attached hydrogens (tertiary/aromatic N) is 1. The van der Waals surface area contributed by atoms with Crippen molar-refractivity contribution in [1.29, 1.82) is 0 Å². The molecule has 0 N–H and O–H groups in total. The maximum atomic E-state index is 12.7. The lowest BCUT2D eigenvalue weighted by atomic mass is 10.2. The van der Waals surface area contributed by atoms with Gasteiger partial charge in [-0.3, -0.25) is 4.31 Å². The number of benzene rings is 2. The Morgan fingerprint density at radius 2 is 1.69 bits per heavy atom. The Bertz CT molecular complexity index is 965. The molecule has 0 saturated carbocycles. The first-order valence-electron chi connectivity index (χ1n) is 7.82. The minimum atomic E-state index is -3.72. The maximum Gasteiger partial charge on any atom is 0.338 e. The smallest absolute Gasteiger partial charge is 0.338 e. The molecule has 1 aromatic heterocycles. The van der Waals surface area contributed by atoms with Gasteiger partial charge < -0.3 is 9.15 Å². The number of para-hydroxylation sites is 1. The van der Waals surface area contributed by atoms with Crippen molar-refractivity contribution in [1.82, 2.24) is 0 Å². The van der Waals surface area contributed by atoms with Crippen molar-refractivity contribution in [3.8, 4) is 0 Å². The van der Waals surface area contributed by atoms with E-state index >= 15 is 0 Å². The molecule has 3 rings (SSSR count). The number of carbonyl (C=O) groups is 1. The lowest BCUT2D eigenvalue weighted by Gasteiger charge is -2.19. The normalized spacial score (nSPS) is 11.1. The van der Waals surface area contributed by atoms with Crippen molar-refractivity contribution in [2.45, 2.75) is 11.5 Å². The lowest BCUT2D eigenvalue weighted by molar-refractivity contribution is 0.0445. The number of furan rings is 1. The third-order valence-corrected chi connectivity index (χ3v) is 5.59. The number of rotatable bonds is 6. The number of sulfonamides is 1. The highest BCUT2D eigenvalue weighted by molar-refractivity contribution is 7.92. The second kappa shape index (κ2) is 7.45. The van der Waals surface area contributed by atoms with Crippen LogP contribution in [0, 0.1) is 0 Å². The zero-order chi connectivity index (χ0) is 18.6. The highest BCUT2D eigenvalue weighted by atomic mass is 32.2. The summed E-state index contributed by atoms with van der Waals surface area (Å²) in [6, 6.07) is 17.8. The van der Waals surface area contributed by atoms with Crippen LogP contribution in [0.3, 0.4) is 0 Å². The quantitative estimate of drug-likeness (QED) is 0.620. The molecule has 0 radical (unpaired) electrons. The topological polar surface area (TPSA) is 76.8 Å². The fourth-order valence-corrected chi connectivity index (χ4v) is 3.51. The van der Waals surface area contributed by atoms with E-state index in [0.29, 0.717) is 11.4 Å². The molecule has 0 spiro atoms. The van der Waals surface area contributed by atoms with Gasteiger partial charge in [0.15, 0.2) is 0 Å². The van der Waals surface area contributed by atoms with Crippen LogP contribution < -0.4 is 4.31 Å². The summed E-state index contributed by atoms with van der Waals surface area (Å²) in [6.45, 7) is 0.0165. The minimum absolute atomic E-state index is 0.0165. The summed E-state index contributed by atoms with van der Waals surface area (Å²) in [5.74, 6) is -0.0243. The van der Waals surface area contributed by atoms with E-state index in [1.54, 1.807) is 36.4 Å². The van der Waals surface area contributed by atoms with Gasteiger partial charge in [0, 0.05) is 7.05 Å². The Hall–Kier alpha value is -3.06. The van der Waals surface area contributed by atoms with Crippen LogP contribution in [-0.4, -0.2) is 21.4 Å². The lowest BCUT2D eigenvalue weighted by Crippen LogP contribution is -2.26. The highest BCUT2D eigenvalue weighted by Gasteiger charge is 2.21. The van der Waals surface area contributed by atoms with Crippen LogP contribution >= 0.6 is 0 Å². The third-order valence-electron chi connectivity index (χ3n) is 3.79.